The molecule has 2 nitrogen and oxygen atoms in total. The molecule has 0 aromatic heterocycles. The predicted molar refractivity (Wildman–Crippen MR) is 43.4 cm³/mol. The third-order valence-corrected chi connectivity index (χ3v) is 1.59. The Morgan fingerprint density at radius 1 is 1.50 bits per heavy atom. The second-order valence-corrected chi connectivity index (χ2v) is 2.67. The molecule has 0 amide bonds. The van der Waals surface area contributed by atoms with Crippen LogP contribution in [0.4, 0.5) is 0 Å². The number of hydrogen-bond donors (Lipinski definition) is 1. The van der Waals surface area contributed by atoms with Gasteiger partial charge in [0, 0.05) is 0 Å². The number of hydrogen-bond acceptors (Lipinski definition) is 2. The van der Waals surface area contributed by atoms with E-state index in [1.807, 2.05) is 0 Å². The number of rotatable bonds is 6. The summed E-state index contributed by atoms with van der Waals surface area (Å²) in [4.78, 5) is 0. The van der Waals surface area contributed by atoms with Gasteiger partial charge in [0.25, 0.3) is 0 Å². The molecule has 0 saturated heterocycles. The van der Waals surface area contributed by atoms with Crippen molar-refractivity contribution in [2.45, 2.75) is 33.1 Å². The molecule has 0 fully saturated rings. The molecule has 0 aliphatic rings. The van der Waals surface area contributed by atoms with Gasteiger partial charge in [-0.2, -0.15) is 0 Å². The Kier molecular flexibility index (Phi) is 6.24. The molecule has 60 valence electrons. The van der Waals surface area contributed by atoms with Crippen molar-refractivity contribution in [1.82, 2.24) is 0 Å². The molecule has 0 rings (SSSR count). The van der Waals surface area contributed by atoms with Crippen LogP contribution >= 0.6 is 0 Å². The summed E-state index contributed by atoms with van der Waals surface area (Å²) in [6.07, 6.45) is 4.59. The molecular formula is C8H17NO. The SMILES string of the molecule is CCC[C@H](C)CCOC=N. The molecule has 0 unspecified atom stereocenters. The van der Waals surface area contributed by atoms with Gasteiger partial charge in [-0.3, -0.25) is 5.41 Å². The maximum Gasteiger partial charge on any atom is 0.166 e. The van der Waals surface area contributed by atoms with Gasteiger partial charge in [-0.25, -0.2) is 0 Å². The highest BCUT2D eigenvalue weighted by Crippen LogP contribution is 2.08. The Hall–Kier alpha value is -0.530. The molecule has 0 radical (unpaired) electrons. The monoisotopic (exact) mass is 143 g/mol. The highest BCUT2D eigenvalue weighted by Gasteiger charge is 1.98. The normalized spacial score (nSPS) is 12.6. The molecule has 0 aromatic rings. The summed E-state index contributed by atoms with van der Waals surface area (Å²) in [6.45, 7) is 5.11. The van der Waals surface area contributed by atoms with Gasteiger partial charge in [0.05, 0.1) is 6.61 Å². The zero-order valence-corrected chi connectivity index (χ0v) is 6.89. The lowest BCUT2D eigenvalue weighted by atomic mass is 10.0. The molecule has 0 aliphatic carbocycles. The predicted octanol–water partition coefficient (Wildman–Crippen LogP) is 2.44. The van der Waals surface area contributed by atoms with Gasteiger partial charge >= 0.3 is 0 Å². The molecule has 10 heavy (non-hydrogen) atoms. The molecule has 1 atom stereocenters. The molecule has 2 heteroatoms. The van der Waals surface area contributed by atoms with E-state index in [4.69, 9.17) is 10.1 Å². The first-order valence-corrected chi connectivity index (χ1v) is 3.91. The molecule has 0 heterocycles. The largest absolute Gasteiger partial charge is 0.484 e. The number of nitrogens with one attached hydrogen (secondary N) is 1. The minimum absolute atomic E-state index is 0.699. The fraction of sp³-hybridized carbons (Fsp3) is 0.875. The summed E-state index contributed by atoms with van der Waals surface area (Å²) in [6, 6.07) is 0. The Morgan fingerprint density at radius 2 is 2.20 bits per heavy atom. The van der Waals surface area contributed by atoms with Crippen LogP contribution in [0.3, 0.4) is 0 Å². The van der Waals surface area contributed by atoms with E-state index in [1.165, 1.54) is 12.8 Å². The van der Waals surface area contributed by atoms with Crippen molar-refractivity contribution >= 4 is 6.40 Å². The van der Waals surface area contributed by atoms with Gasteiger partial charge in [0.15, 0.2) is 6.40 Å². The summed E-state index contributed by atoms with van der Waals surface area (Å²) >= 11 is 0. The minimum Gasteiger partial charge on any atom is -0.484 e. The second-order valence-electron chi connectivity index (χ2n) is 2.67. The molecule has 0 bridgehead atoms. The Morgan fingerprint density at radius 3 is 2.70 bits per heavy atom. The fourth-order valence-electron chi connectivity index (χ4n) is 0.965. The highest BCUT2D eigenvalue weighted by molar-refractivity contribution is 5.40. The van der Waals surface area contributed by atoms with Crippen LogP contribution in [0.2, 0.25) is 0 Å². The minimum atomic E-state index is 0.699. The smallest absolute Gasteiger partial charge is 0.166 e. The van der Waals surface area contributed by atoms with Crippen molar-refractivity contribution in [3.8, 4) is 0 Å². The molecule has 0 spiro atoms. The molecule has 1 N–H and O–H groups in total. The lowest BCUT2D eigenvalue weighted by Gasteiger charge is -2.07. The van der Waals surface area contributed by atoms with Crippen LogP contribution in [0.5, 0.6) is 0 Å². The van der Waals surface area contributed by atoms with Crippen LogP contribution in [0, 0.1) is 11.3 Å². The summed E-state index contributed by atoms with van der Waals surface area (Å²) in [7, 11) is 0. The average molecular weight is 143 g/mol. The van der Waals surface area contributed by atoms with Crippen molar-refractivity contribution in [3.63, 3.8) is 0 Å². The van der Waals surface area contributed by atoms with Crippen LogP contribution in [0.1, 0.15) is 33.1 Å². The van der Waals surface area contributed by atoms with Crippen molar-refractivity contribution in [3.05, 3.63) is 0 Å². The Labute approximate surface area is 63.1 Å². The molecule has 0 aliphatic heterocycles. The van der Waals surface area contributed by atoms with Gasteiger partial charge in [-0.05, 0) is 12.3 Å². The van der Waals surface area contributed by atoms with E-state index in [2.05, 4.69) is 13.8 Å². The first-order chi connectivity index (χ1) is 4.81. The first kappa shape index (κ1) is 9.47. The van der Waals surface area contributed by atoms with Gasteiger partial charge in [0.1, 0.15) is 0 Å². The third-order valence-electron chi connectivity index (χ3n) is 1.59. The summed E-state index contributed by atoms with van der Waals surface area (Å²) in [5.41, 5.74) is 0. The van der Waals surface area contributed by atoms with E-state index in [-0.39, 0.29) is 0 Å². The van der Waals surface area contributed by atoms with Crippen LogP contribution in [-0.4, -0.2) is 13.0 Å². The maximum absolute atomic E-state index is 6.60. The van der Waals surface area contributed by atoms with Gasteiger partial charge < -0.3 is 4.74 Å². The Bertz CT molecular complexity index is 83.3. The topological polar surface area (TPSA) is 33.1 Å². The highest BCUT2D eigenvalue weighted by atomic mass is 16.5. The van der Waals surface area contributed by atoms with Crippen molar-refractivity contribution in [1.29, 1.82) is 5.41 Å². The van der Waals surface area contributed by atoms with E-state index in [1.54, 1.807) is 0 Å². The average Bonchev–Trinajstić information content (AvgIpc) is 1.89. The molecular weight excluding hydrogens is 126 g/mol. The summed E-state index contributed by atoms with van der Waals surface area (Å²) < 4.78 is 4.79. The maximum atomic E-state index is 6.60. The van der Waals surface area contributed by atoms with Crippen molar-refractivity contribution in [2.75, 3.05) is 6.61 Å². The lowest BCUT2D eigenvalue weighted by molar-refractivity contribution is 0.277. The van der Waals surface area contributed by atoms with Crippen molar-refractivity contribution < 1.29 is 4.74 Å². The van der Waals surface area contributed by atoms with Crippen LogP contribution in [0.15, 0.2) is 0 Å². The Balaban J connectivity index is 3.04. The van der Waals surface area contributed by atoms with Crippen LogP contribution in [-0.2, 0) is 4.74 Å². The zero-order valence-electron chi connectivity index (χ0n) is 6.89. The van der Waals surface area contributed by atoms with E-state index in [9.17, 15) is 0 Å². The fourth-order valence-corrected chi connectivity index (χ4v) is 0.965. The standard InChI is InChI=1S/C8H17NO/c1-3-4-8(2)5-6-10-7-9/h7-9H,3-6H2,1-2H3/t8-/m0/s1. The van der Waals surface area contributed by atoms with E-state index >= 15 is 0 Å². The molecule has 0 saturated carbocycles. The van der Waals surface area contributed by atoms with E-state index < -0.39 is 0 Å². The van der Waals surface area contributed by atoms with Gasteiger partial charge in [-0.1, -0.05) is 26.7 Å². The second kappa shape index (κ2) is 6.59. The van der Waals surface area contributed by atoms with Crippen molar-refractivity contribution in [2.24, 2.45) is 5.92 Å². The summed E-state index contributed by atoms with van der Waals surface area (Å²) in [5, 5.41) is 6.60. The van der Waals surface area contributed by atoms with Gasteiger partial charge in [-0.15, -0.1) is 0 Å². The van der Waals surface area contributed by atoms with Gasteiger partial charge in [0.2, 0.25) is 0 Å². The van der Waals surface area contributed by atoms with Crippen LogP contribution < -0.4 is 0 Å². The summed E-state index contributed by atoms with van der Waals surface area (Å²) in [5.74, 6) is 0.741. The van der Waals surface area contributed by atoms with E-state index in [0.717, 1.165) is 18.7 Å². The third kappa shape index (κ3) is 5.60. The van der Waals surface area contributed by atoms with Crippen LogP contribution in [0.25, 0.3) is 0 Å². The quantitative estimate of drug-likeness (QED) is 0.346. The molecule has 0 aromatic carbocycles. The lowest BCUT2D eigenvalue weighted by Crippen LogP contribution is -2.00. The first-order valence-electron chi connectivity index (χ1n) is 3.91. The van der Waals surface area contributed by atoms with E-state index in [0.29, 0.717) is 6.61 Å². The zero-order chi connectivity index (χ0) is 7.82. The number of ether oxygens (including phenoxy) is 1.